The monoisotopic (exact) mass is 336 g/mol. The second kappa shape index (κ2) is 4.97. The van der Waals surface area contributed by atoms with Crippen LogP contribution in [0.5, 0.6) is 0 Å². The number of carboxylic acid groups (broad SMARTS) is 1. The van der Waals surface area contributed by atoms with Gasteiger partial charge >= 0.3 is 5.97 Å². The summed E-state index contributed by atoms with van der Waals surface area (Å²) in [6.45, 7) is 4.19. The van der Waals surface area contributed by atoms with Gasteiger partial charge in [0.2, 0.25) is 0 Å². The zero-order chi connectivity index (χ0) is 17.4. The molecule has 4 rings (SSSR count). The molecule has 2 bridgehead atoms. The number of rotatable bonds is 2. The van der Waals surface area contributed by atoms with E-state index in [1.807, 2.05) is 6.92 Å². The summed E-state index contributed by atoms with van der Waals surface area (Å²) in [4.78, 5) is 12.1. The molecule has 3 N–H and O–H groups in total. The Bertz CT molecular complexity index is 562. The van der Waals surface area contributed by atoms with Crippen molar-refractivity contribution in [3.05, 3.63) is 0 Å². The van der Waals surface area contributed by atoms with Gasteiger partial charge in [-0.1, -0.05) is 13.3 Å². The van der Waals surface area contributed by atoms with Gasteiger partial charge in [-0.3, -0.25) is 4.79 Å². The number of aliphatic hydroxyl groups excluding tert-OH is 1. The van der Waals surface area contributed by atoms with Crippen molar-refractivity contribution in [2.75, 3.05) is 6.61 Å². The van der Waals surface area contributed by atoms with Crippen molar-refractivity contribution in [1.82, 2.24) is 0 Å². The molecule has 4 fully saturated rings. The maximum atomic E-state index is 12.1. The molecule has 4 heteroatoms. The third-order valence-electron chi connectivity index (χ3n) is 9.08. The smallest absolute Gasteiger partial charge is 0.309 e. The predicted molar refractivity (Wildman–Crippen MR) is 90.3 cm³/mol. The molecule has 4 aliphatic carbocycles. The van der Waals surface area contributed by atoms with E-state index in [1.54, 1.807) is 0 Å². The number of fused-ring (bicyclic) bond motifs is 3. The maximum Gasteiger partial charge on any atom is 0.309 e. The highest BCUT2D eigenvalue weighted by Crippen LogP contribution is 2.72. The Balaban J connectivity index is 1.73. The summed E-state index contributed by atoms with van der Waals surface area (Å²) < 4.78 is 0. The van der Waals surface area contributed by atoms with Crippen LogP contribution >= 0.6 is 0 Å². The van der Waals surface area contributed by atoms with Crippen molar-refractivity contribution in [2.45, 2.75) is 77.2 Å². The molecule has 24 heavy (non-hydrogen) atoms. The second-order valence-electron chi connectivity index (χ2n) is 10.0. The van der Waals surface area contributed by atoms with Gasteiger partial charge in [0.05, 0.1) is 17.6 Å². The van der Waals surface area contributed by atoms with Crippen molar-refractivity contribution >= 4 is 5.97 Å². The van der Waals surface area contributed by atoms with Gasteiger partial charge < -0.3 is 15.3 Å². The molecule has 7 atom stereocenters. The first-order valence-corrected chi connectivity index (χ1v) is 9.77. The molecule has 4 aliphatic rings. The summed E-state index contributed by atoms with van der Waals surface area (Å²) in [7, 11) is 0. The predicted octanol–water partition coefficient (Wildman–Crippen LogP) is 3.21. The highest BCUT2D eigenvalue weighted by molar-refractivity contribution is 5.75. The molecule has 136 valence electrons. The van der Waals surface area contributed by atoms with Crippen LogP contribution in [0.1, 0.15) is 71.6 Å². The largest absolute Gasteiger partial charge is 0.481 e. The van der Waals surface area contributed by atoms with Gasteiger partial charge in [-0.25, -0.2) is 0 Å². The fraction of sp³-hybridized carbons (Fsp3) is 0.950. The average Bonchev–Trinajstić information content (AvgIpc) is 2.73. The van der Waals surface area contributed by atoms with E-state index in [-0.39, 0.29) is 29.3 Å². The first kappa shape index (κ1) is 16.8. The van der Waals surface area contributed by atoms with Crippen molar-refractivity contribution in [2.24, 2.45) is 34.0 Å². The quantitative estimate of drug-likeness (QED) is 0.723. The lowest BCUT2D eigenvalue weighted by atomic mass is 9.41. The molecule has 0 heterocycles. The number of aliphatic carboxylic acids is 1. The van der Waals surface area contributed by atoms with Crippen LogP contribution in [-0.2, 0) is 4.79 Å². The van der Waals surface area contributed by atoms with Crippen LogP contribution in [0.2, 0.25) is 0 Å². The Morgan fingerprint density at radius 2 is 1.83 bits per heavy atom. The van der Waals surface area contributed by atoms with Gasteiger partial charge in [0.1, 0.15) is 0 Å². The molecule has 4 nitrogen and oxygen atoms in total. The highest BCUT2D eigenvalue weighted by Gasteiger charge is 2.68. The molecule has 0 amide bonds. The van der Waals surface area contributed by atoms with Gasteiger partial charge in [0, 0.05) is 0 Å². The van der Waals surface area contributed by atoms with Gasteiger partial charge in [0.15, 0.2) is 0 Å². The minimum Gasteiger partial charge on any atom is -0.481 e. The molecule has 0 unspecified atom stereocenters. The highest BCUT2D eigenvalue weighted by atomic mass is 16.4. The van der Waals surface area contributed by atoms with E-state index < -0.39 is 17.0 Å². The zero-order valence-corrected chi connectivity index (χ0v) is 15.1. The molecule has 0 radical (unpaired) electrons. The minimum atomic E-state index is -0.900. The second-order valence-corrected chi connectivity index (χ2v) is 10.0. The molecule has 1 spiro atoms. The van der Waals surface area contributed by atoms with E-state index in [0.29, 0.717) is 5.92 Å². The lowest BCUT2D eigenvalue weighted by molar-refractivity contribution is -0.181. The fourth-order valence-electron chi connectivity index (χ4n) is 8.06. The molecular weight excluding hydrogens is 304 g/mol. The van der Waals surface area contributed by atoms with Crippen LogP contribution in [0, 0.1) is 34.0 Å². The molecule has 0 aromatic rings. The Labute approximate surface area is 144 Å². The number of carboxylic acids is 1. The van der Waals surface area contributed by atoms with Crippen LogP contribution in [0.4, 0.5) is 0 Å². The minimum absolute atomic E-state index is 0.0648. The fourth-order valence-corrected chi connectivity index (χ4v) is 8.06. The summed E-state index contributed by atoms with van der Waals surface area (Å²) in [5, 5.41) is 30.6. The summed E-state index contributed by atoms with van der Waals surface area (Å²) in [5.74, 6) is 0.348. The van der Waals surface area contributed by atoms with E-state index in [4.69, 9.17) is 0 Å². The summed E-state index contributed by atoms with van der Waals surface area (Å²) >= 11 is 0. The van der Waals surface area contributed by atoms with Crippen LogP contribution in [-0.4, -0.2) is 33.5 Å². The van der Waals surface area contributed by atoms with Gasteiger partial charge in [-0.15, -0.1) is 0 Å². The Hall–Kier alpha value is -0.610. The maximum absolute atomic E-state index is 12.1. The van der Waals surface area contributed by atoms with E-state index in [0.717, 1.165) is 57.8 Å². The van der Waals surface area contributed by atoms with Crippen LogP contribution in [0.15, 0.2) is 0 Å². The van der Waals surface area contributed by atoms with Gasteiger partial charge in [0.25, 0.3) is 0 Å². The van der Waals surface area contributed by atoms with Crippen LogP contribution in [0.25, 0.3) is 0 Å². The van der Waals surface area contributed by atoms with E-state index in [1.165, 1.54) is 0 Å². The third-order valence-corrected chi connectivity index (χ3v) is 9.08. The molecule has 0 aromatic carbocycles. The van der Waals surface area contributed by atoms with E-state index in [9.17, 15) is 20.1 Å². The first-order valence-electron chi connectivity index (χ1n) is 9.77. The standard InChI is InChI=1S/C20H32O4/c1-17-7-3-8-18(2,16(22)23)14(17)6-9-19-10-13(4-5-15(17)19)20(24,11-19)12-21/h13-15,21,24H,3-12H2,1-2H3,(H,22,23)/t13-,14-,15-,17-,18-,19-,20+/m0/s1. The number of carbonyl (C=O) groups is 1. The van der Waals surface area contributed by atoms with Gasteiger partial charge in [-0.2, -0.15) is 0 Å². The van der Waals surface area contributed by atoms with E-state index >= 15 is 0 Å². The van der Waals surface area contributed by atoms with Crippen molar-refractivity contribution in [3.63, 3.8) is 0 Å². The zero-order valence-electron chi connectivity index (χ0n) is 15.1. The summed E-state index contributed by atoms with van der Waals surface area (Å²) in [6.07, 6.45) is 8.73. The molecule has 0 saturated heterocycles. The van der Waals surface area contributed by atoms with Gasteiger partial charge in [-0.05, 0) is 86.9 Å². The lowest BCUT2D eigenvalue weighted by Crippen LogP contribution is -2.58. The van der Waals surface area contributed by atoms with Crippen LogP contribution < -0.4 is 0 Å². The molecule has 4 saturated carbocycles. The lowest BCUT2D eigenvalue weighted by Gasteiger charge is -2.63. The topological polar surface area (TPSA) is 77.8 Å². The number of hydrogen-bond acceptors (Lipinski definition) is 3. The van der Waals surface area contributed by atoms with Crippen molar-refractivity contribution in [1.29, 1.82) is 0 Å². The SMILES string of the molecule is C[C@]12CCC[C@](C)(C(=O)O)[C@H]1CC[C@@]13C[C@H](CC[C@H]12)[C@](O)(CO)C3. The van der Waals surface area contributed by atoms with Crippen LogP contribution in [0.3, 0.4) is 0 Å². The molecule has 0 aromatic heterocycles. The van der Waals surface area contributed by atoms with Crippen molar-refractivity contribution in [3.8, 4) is 0 Å². The molecular formula is C20H32O4. The van der Waals surface area contributed by atoms with E-state index in [2.05, 4.69) is 6.92 Å². The Morgan fingerprint density at radius 1 is 1.08 bits per heavy atom. The molecule has 0 aliphatic heterocycles. The number of hydrogen-bond donors (Lipinski definition) is 3. The summed E-state index contributed by atoms with van der Waals surface area (Å²) in [5.41, 5.74) is -1.31. The average molecular weight is 336 g/mol. The normalized spacial score (nSPS) is 56.4. The Morgan fingerprint density at radius 3 is 2.50 bits per heavy atom. The van der Waals surface area contributed by atoms with Crippen molar-refractivity contribution < 1.29 is 20.1 Å². The summed E-state index contributed by atoms with van der Waals surface area (Å²) in [6, 6.07) is 0. The first-order chi connectivity index (χ1) is 11.2. The third kappa shape index (κ3) is 1.90. The number of aliphatic hydroxyl groups is 2. The Kier molecular flexibility index (Phi) is 3.49.